The standard InChI is InChI=1S/C18H27ClN2O5S/c1-6-12(4)16(18(23)26-5)20-17(22)13-9-10-14(19)15(11-13)27(24,25)21(7-2)8-3/h9-12,16H,6-8H2,1-5H3,(H,20,22)/t12-,16-/m0/s1. The Morgan fingerprint density at radius 2 is 1.81 bits per heavy atom. The molecule has 0 saturated carbocycles. The van der Waals surface area contributed by atoms with Gasteiger partial charge >= 0.3 is 5.97 Å². The van der Waals surface area contributed by atoms with Crippen LogP contribution in [0.5, 0.6) is 0 Å². The molecule has 0 radical (unpaired) electrons. The number of halogens is 1. The molecule has 7 nitrogen and oxygen atoms in total. The molecule has 1 amide bonds. The Hall–Kier alpha value is -1.64. The maximum Gasteiger partial charge on any atom is 0.328 e. The minimum absolute atomic E-state index is 0.0323. The highest BCUT2D eigenvalue weighted by Gasteiger charge is 2.29. The van der Waals surface area contributed by atoms with Crippen molar-refractivity contribution < 1.29 is 22.7 Å². The van der Waals surface area contributed by atoms with E-state index >= 15 is 0 Å². The van der Waals surface area contributed by atoms with Gasteiger partial charge in [0.25, 0.3) is 5.91 Å². The minimum Gasteiger partial charge on any atom is -0.467 e. The number of esters is 1. The second-order valence-corrected chi connectivity index (χ2v) is 8.41. The highest BCUT2D eigenvalue weighted by Crippen LogP contribution is 2.26. The van der Waals surface area contributed by atoms with Gasteiger partial charge in [-0.05, 0) is 24.1 Å². The fourth-order valence-electron chi connectivity index (χ4n) is 2.57. The number of methoxy groups -OCH3 is 1. The Morgan fingerprint density at radius 3 is 2.30 bits per heavy atom. The van der Waals surface area contributed by atoms with E-state index in [-0.39, 0.29) is 34.5 Å². The monoisotopic (exact) mass is 418 g/mol. The maximum atomic E-state index is 12.8. The molecule has 0 saturated heterocycles. The van der Waals surface area contributed by atoms with Crippen LogP contribution < -0.4 is 5.32 Å². The summed E-state index contributed by atoms with van der Waals surface area (Å²) in [6, 6.07) is 3.19. The Labute approximate surface area is 166 Å². The first-order valence-electron chi connectivity index (χ1n) is 8.82. The summed E-state index contributed by atoms with van der Waals surface area (Å²) in [7, 11) is -2.58. The summed E-state index contributed by atoms with van der Waals surface area (Å²) in [5.74, 6) is -1.27. The van der Waals surface area contributed by atoms with Crippen molar-refractivity contribution in [2.75, 3.05) is 20.2 Å². The summed E-state index contributed by atoms with van der Waals surface area (Å²) < 4.78 is 31.5. The predicted molar refractivity (Wildman–Crippen MR) is 104 cm³/mol. The van der Waals surface area contributed by atoms with E-state index < -0.39 is 27.9 Å². The zero-order chi connectivity index (χ0) is 20.8. The molecule has 1 N–H and O–H groups in total. The van der Waals surface area contributed by atoms with E-state index in [0.29, 0.717) is 6.42 Å². The van der Waals surface area contributed by atoms with Crippen LogP contribution in [-0.4, -0.2) is 50.8 Å². The van der Waals surface area contributed by atoms with Crippen LogP contribution in [0.1, 0.15) is 44.5 Å². The van der Waals surface area contributed by atoms with Crippen LogP contribution >= 0.6 is 11.6 Å². The van der Waals surface area contributed by atoms with Gasteiger partial charge in [0, 0.05) is 18.7 Å². The first-order valence-corrected chi connectivity index (χ1v) is 10.6. The lowest BCUT2D eigenvalue weighted by atomic mass is 9.99. The number of sulfonamides is 1. The normalized spacial score (nSPS) is 13.9. The Bertz CT molecular complexity index is 778. The van der Waals surface area contributed by atoms with Gasteiger partial charge in [0.15, 0.2) is 0 Å². The Balaban J connectivity index is 3.25. The molecule has 0 aliphatic rings. The summed E-state index contributed by atoms with van der Waals surface area (Å²) in [4.78, 5) is 24.5. The zero-order valence-electron chi connectivity index (χ0n) is 16.3. The van der Waals surface area contributed by atoms with Crippen molar-refractivity contribution in [1.29, 1.82) is 0 Å². The topological polar surface area (TPSA) is 92.8 Å². The van der Waals surface area contributed by atoms with Crippen LogP contribution in [0.2, 0.25) is 5.02 Å². The number of nitrogens with one attached hydrogen (secondary N) is 1. The third kappa shape index (κ3) is 5.43. The minimum atomic E-state index is -3.83. The first-order chi connectivity index (χ1) is 12.6. The van der Waals surface area contributed by atoms with E-state index in [1.54, 1.807) is 13.8 Å². The number of hydrogen-bond acceptors (Lipinski definition) is 5. The molecule has 2 atom stereocenters. The van der Waals surface area contributed by atoms with Gasteiger partial charge in [0.05, 0.1) is 12.1 Å². The molecule has 1 rings (SSSR count). The molecule has 152 valence electrons. The lowest BCUT2D eigenvalue weighted by Crippen LogP contribution is -2.45. The summed E-state index contributed by atoms with van der Waals surface area (Å²) in [6.45, 7) is 7.72. The lowest BCUT2D eigenvalue weighted by Gasteiger charge is -2.22. The van der Waals surface area contributed by atoms with Crippen molar-refractivity contribution in [3.63, 3.8) is 0 Å². The smallest absolute Gasteiger partial charge is 0.328 e. The van der Waals surface area contributed by atoms with E-state index in [4.69, 9.17) is 16.3 Å². The van der Waals surface area contributed by atoms with Gasteiger partial charge in [-0.25, -0.2) is 13.2 Å². The molecule has 0 unspecified atom stereocenters. The predicted octanol–water partition coefficient (Wildman–Crippen LogP) is 2.69. The fraction of sp³-hybridized carbons (Fsp3) is 0.556. The van der Waals surface area contributed by atoms with E-state index in [0.717, 1.165) is 0 Å². The molecule has 9 heteroatoms. The SMILES string of the molecule is CC[C@H](C)[C@H](NC(=O)c1ccc(Cl)c(S(=O)(=O)N(CC)CC)c1)C(=O)OC. The van der Waals surface area contributed by atoms with Crippen LogP contribution in [0, 0.1) is 5.92 Å². The van der Waals surface area contributed by atoms with Crippen LogP contribution in [0.4, 0.5) is 0 Å². The quantitative estimate of drug-likeness (QED) is 0.622. The van der Waals surface area contributed by atoms with Crippen molar-refractivity contribution in [3.05, 3.63) is 28.8 Å². The third-order valence-corrected chi connectivity index (χ3v) is 7.00. The van der Waals surface area contributed by atoms with Gasteiger partial charge in [-0.1, -0.05) is 45.7 Å². The molecule has 0 bridgehead atoms. The van der Waals surface area contributed by atoms with Gasteiger partial charge in [-0.3, -0.25) is 4.79 Å². The van der Waals surface area contributed by atoms with Gasteiger partial charge in [-0.15, -0.1) is 0 Å². The van der Waals surface area contributed by atoms with Gasteiger partial charge in [0.1, 0.15) is 10.9 Å². The van der Waals surface area contributed by atoms with Crippen molar-refractivity contribution in [3.8, 4) is 0 Å². The number of carbonyl (C=O) groups excluding carboxylic acids is 2. The highest BCUT2D eigenvalue weighted by atomic mass is 35.5. The molecular formula is C18H27ClN2O5S. The second-order valence-electron chi connectivity index (χ2n) is 6.09. The molecule has 1 aromatic carbocycles. The van der Waals surface area contributed by atoms with Gasteiger partial charge in [-0.2, -0.15) is 4.31 Å². The van der Waals surface area contributed by atoms with Crippen LogP contribution in [0.3, 0.4) is 0 Å². The van der Waals surface area contributed by atoms with Gasteiger partial charge in [0.2, 0.25) is 10.0 Å². The van der Waals surface area contributed by atoms with Crippen LogP contribution in [0.15, 0.2) is 23.1 Å². The molecule has 0 heterocycles. The molecule has 0 spiro atoms. The molecule has 1 aromatic rings. The molecule has 0 aromatic heterocycles. The van der Waals surface area contributed by atoms with Crippen LogP contribution in [0.25, 0.3) is 0 Å². The number of amides is 1. The van der Waals surface area contributed by atoms with Crippen molar-refractivity contribution >= 4 is 33.5 Å². The summed E-state index contributed by atoms with van der Waals surface area (Å²) in [5, 5.41) is 2.66. The average molecular weight is 419 g/mol. The number of ether oxygens (including phenoxy) is 1. The Morgan fingerprint density at radius 1 is 1.22 bits per heavy atom. The summed E-state index contributed by atoms with van der Waals surface area (Å²) in [5.41, 5.74) is 0.0994. The molecule has 27 heavy (non-hydrogen) atoms. The van der Waals surface area contributed by atoms with Crippen LogP contribution in [-0.2, 0) is 19.6 Å². The first kappa shape index (κ1) is 23.4. The van der Waals surface area contributed by atoms with E-state index in [2.05, 4.69) is 5.32 Å². The number of benzene rings is 1. The third-order valence-electron chi connectivity index (χ3n) is 4.47. The largest absolute Gasteiger partial charge is 0.467 e. The van der Waals surface area contributed by atoms with Gasteiger partial charge < -0.3 is 10.1 Å². The molecule has 0 aliphatic heterocycles. The molecular weight excluding hydrogens is 392 g/mol. The number of rotatable bonds is 9. The highest BCUT2D eigenvalue weighted by molar-refractivity contribution is 7.89. The summed E-state index contributed by atoms with van der Waals surface area (Å²) >= 11 is 6.08. The number of carbonyl (C=O) groups is 2. The van der Waals surface area contributed by atoms with Crippen molar-refractivity contribution in [2.45, 2.75) is 45.1 Å². The lowest BCUT2D eigenvalue weighted by molar-refractivity contribution is -0.144. The van der Waals surface area contributed by atoms with Crippen molar-refractivity contribution in [1.82, 2.24) is 9.62 Å². The molecule has 0 aliphatic carbocycles. The maximum absolute atomic E-state index is 12.8. The van der Waals surface area contributed by atoms with E-state index in [1.165, 1.54) is 29.6 Å². The van der Waals surface area contributed by atoms with E-state index in [1.807, 2.05) is 13.8 Å². The molecule has 0 fully saturated rings. The summed E-state index contributed by atoms with van der Waals surface area (Å²) in [6.07, 6.45) is 0.655. The fourth-order valence-corrected chi connectivity index (χ4v) is 4.52. The van der Waals surface area contributed by atoms with Crippen molar-refractivity contribution in [2.24, 2.45) is 5.92 Å². The number of nitrogens with zero attached hydrogens (tertiary/aromatic N) is 1. The van der Waals surface area contributed by atoms with E-state index in [9.17, 15) is 18.0 Å². The average Bonchev–Trinajstić information content (AvgIpc) is 2.65. The Kier molecular flexibility index (Phi) is 8.71. The second kappa shape index (κ2) is 10.1. The zero-order valence-corrected chi connectivity index (χ0v) is 17.9. The number of hydrogen-bond donors (Lipinski definition) is 1.